The number of ether oxygens (including phenoxy) is 3. The molecule has 1 aromatic carbocycles. The summed E-state index contributed by atoms with van der Waals surface area (Å²) in [5.41, 5.74) is 0.615. The topological polar surface area (TPSA) is 102 Å². The van der Waals surface area contributed by atoms with E-state index in [1.807, 2.05) is 22.6 Å². The molecule has 11 heteroatoms. The Morgan fingerprint density at radius 1 is 1.16 bits per heavy atom. The maximum Gasteiger partial charge on any atom is 0.343 e. The molecule has 0 N–H and O–H groups in total. The van der Waals surface area contributed by atoms with Crippen LogP contribution < -0.4 is 9.47 Å². The van der Waals surface area contributed by atoms with E-state index in [1.54, 1.807) is 23.1 Å². The van der Waals surface area contributed by atoms with Crippen molar-refractivity contribution in [1.29, 1.82) is 0 Å². The predicted molar refractivity (Wildman–Crippen MR) is 126 cm³/mol. The zero-order valence-electron chi connectivity index (χ0n) is 17.7. The van der Waals surface area contributed by atoms with Crippen LogP contribution in [0, 0.1) is 3.57 Å². The van der Waals surface area contributed by atoms with E-state index in [0.717, 1.165) is 35.9 Å². The van der Waals surface area contributed by atoms with Gasteiger partial charge in [0.05, 0.1) is 22.7 Å². The summed E-state index contributed by atoms with van der Waals surface area (Å²) in [5, 5.41) is -0.466. The van der Waals surface area contributed by atoms with Gasteiger partial charge in [0.15, 0.2) is 18.1 Å². The maximum atomic E-state index is 12.8. The summed E-state index contributed by atoms with van der Waals surface area (Å²) < 4.78 is 16.1. The van der Waals surface area contributed by atoms with Crippen molar-refractivity contribution in [1.82, 2.24) is 9.80 Å². The number of carbonyl (C=O) groups is 4. The summed E-state index contributed by atoms with van der Waals surface area (Å²) in [5.74, 6) is -0.496. The number of likely N-dealkylation sites (tertiary alicyclic amines) is 1. The molecule has 32 heavy (non-hydrogen) atoms. The van der Waals surface area contributed by atoms with Crippen LogP contribution in [0.15, 0.2) is 17.0 Å². The third-order valence-corrected chi connectivity index (χ3v) is 6.70. The fourth-order valence-corrected chi connectivity index (χ4v) is 4.94. The lowest BCUT2D eigenvalue weighted by atomic mass is 10.1. The largest absolute Gasteiger partial charge is 0.493 e. The minimum absolute atomic E-state index is 0.212. The molecule has 2 aliphatic rings. The van der Waals surface area contributed by atoms with Crippen LogP contribution in [0.4, 0.5) is 4.79 Å². The number of carbonyl (C=O) groups excluding carboxylic acids is 4. The highest BCUT2D eigenvalue weighted by Gasteiger charge is 2.37. The van der Waals surface area contributed by atoms with Gasteiger partial charge in [-0.3, -0.25) is 19.3 Å². The predicted octanol–water partition coefficient (Wildman–Crippen LogP) is 2.90. The second kappa shape index (κ2) is 11.0. The van der Waals surface area contributed by atoms with Gasteiger partial charge in [0.25, 0.3) is 11.1 Å². The Hall–Kier alpha value is -2.28. The molecule has 0 spiro atoms. The van der Waals surface area contributed by atoms with Crippen molar-refractivity contribution < 1.29 is 33.4 Å². The Morgan fingerprint density at radius 2 is 1.88 bits per heavy atom. The Kier molecular flexibility index (Phi) is 8.40. The summed E-state index contributed by atoms with van der Waals surface area (Å²) in [4.78, 5) is 52.0. The SMILES string of the molecule is COC(=O)COc1c(I)cc(/C=C2\SC(=O)N(CC(=O)N3CCCCC3)C2=O)cc1OC. The molecule has 0 atom stereocenters. The van der Waals surface area contributed by atoms with E-state index in [0.29, 0.717) is 33.7 Å². The molecule has 0 radical (unpaired) electrons. The van der Waals surface area contributed by atoms with Gasteiger partial charge in [0.1, 0.15) is 6.54 Å². The van der Waals surface area contributed by atoms with Crippen molar-refractivity contribution in [3.8, 4) is 11.5 Å². The molecule has 0 saturated carbocycles. The minimum atomic E-state index is -0.528. The number of halogens is 1. The standard InChI is InChI=1S/C21H23IN2O7S/c1-29-15-9-13(8-14(22)19(15)31-12-18(26)30-2)10-16-20(27)24(21(28)32-16)11-17(25)23-6-4-3-5-7-23/h8-10H,3-7,11-12H2,1-2H3/b16-10-. The molecule has 0 aromatic heterocycles. The van der Waals surface area contributed by atoms with Crippen molar-refractivity contribution in [2.24, 2.45) is 0 Å². The molecule has 0 aliphatic carbocycles. The van der Waals surface area contributed by atoms with Gasteiger partial charge in [0, 0.05) is 13.1 Å². The number of imide groups is 1. The molecule has 172 valence electrons. The third-order valence-electron chi connectivity index (χ3n) is 4.99. The first-order chi connectivity index (χ1) is 15.3. The molecule has 2 aliphatic heterocycles. The number of hydrogen-bond donors (Lipinski definition) is 0. The van der Waals surface area contributed by atoms with Crippen molar-refractivity contribution in [3.63, 3.8) is 0 Å². The van der Waals surface area contributed by atoms with Gasteiger partial charge in [-0.15, -0.1) is 0 Å². The first kappa shape index (κ1) is 24.4. The fraction of sp³-hybridized carbons (Fsp3) is 0.429. The summed E-state index contributed by atoms with van der Waals surface area (Å²) in [7, 11) is 2.73. The molecule has 2 fully saturated rings. The maximum absolute atomic E-state index is 12.8. The van der Waals surface area contributed by atoms with E-state index in [1.165, 1.54) is 14.2 Å². The molecular weight excluding hydrogens is 551 g/mol. The first-order valence-corrected chi connectivity index (χ1v) is 11.8. The van der Waals surface area contributed by atoms with Crippen LogP contribution in [-0.2, 0) is 19.1 Å². The van der Waals surface area contributed by atoms with Gasteiger partial charge >= 0.3 is 5.97 Å². The second-order valence-corrected chi connectivity index (χ2v) is 9.26. The lowest BCUT2D eigenvalue weighted by molar-refractivity contribution is -0.143. The normalized spacial score (nSPS) is 17.7. The van der Waals surface area contributed by atoms with Crippen molar-refractivity contribution in [2.75, 3.05) is 40.5 Å². The number of amides is 3. The Bertz CT molecular complexity index is 960. The number of benzene rings is 1. The molecule has 1 aromatic rings. The summed E-state index contributed by atoms with van der Waals surface area (Å²) in [6, 6.07) is 3.38. The van der Waals surface area contributed by atoms with Gasteiger partial charge in [-0.05, 0) is 77.4 Å². The molecule has 3 rings (SSSR count). The average Bonchev–Trinajstić information content (AvgIpc) is 3.05. The Labute approximate surface area is 203 Å². The molecule has 2 saturated heterocycles. The highest BCUT2D eigenvalue weighted by atomic mass is 127. The van der Waals surface area contributed by atoms with E-state index < -0.39 is 17.1 Å². The van der Waals surface area contributed by atoms with Crippen molar-refractivity contribution in [3.05, 3.63) is 26.2 Å². The van der Waals surface area contributed by atoms with E-state index in [-0.39, 0.29) is 24.0 Å². The van der Waals surface area contributed by atoms with Crippen molar-refractivity contribution >= 4 is 63.5 Å². The van der Waals surface area contributed by atoms with Crippen LogP contribution in [0.2, 0.25) is 0 Å². The van der Waals surface area contributed by atoms with Crippen LogP contribution in [0.1, 0.15) is 24.8 Å². The number of hydrogen-bond acceptors (Lipinski definition) is 8. The lowest BCUT2D eigenvalue weighted by Crippen LogP contribution is -2.44. The van der Waals surface area contributed by atoms with Crippen LogP contribution >= 0.6 is 34.4 Å². The van der Waals surface area contributed by atoms with Gasteiger partial charge in [0.2, 0.25) is 5.91 Å². The van der Waals surface area contributed by atoms with E-state index in [9.17, 15) is 19.2 Å². The van der Waals surface area contributed by atoms with Gasteiger partial charge in [-0.1, -0.05) is 0 Å². The van der Waals surface area contributed by atoms with Crippen molar-refractivity contribution in [2.45, 2.75) is 19.3 Å². The molecule has 9 nitrogen and oxygen atoms in total. The number of methoxy groups -OCH3 is 2. The van der Waals surface area contributed by atoms with Crippen LogP contribution in [0.25, 0.3) is 6.08 Å². The minimum Gasteiger partial charge on any atom is -0.493 e. The number of esters is 1. The van der Waals surface area contributed by atoms with Gasteiger partial charge < -0.3 is 19.1 Å². The molecule has 0 unspecified atom stereocenters. The first-order valence-electron chi connectivity index (χ1n) is 9.94. The summed E-state index contributed by atoms with van der Waals surface area (Å²) in [6.07, 6.45) is 4.54. The monoisotopic (exact) mass is 574 g/mol. The highest BCUT2D eigenvalue weighted by molar-refractivity contribution is 14.1. The zero-order chi connectivity index (χ0) is 23.3. The average molecular weight is 574 g/mol. The van der Waals surface area contributed by atoms with E-state index in [4.69, 9.17) is 9.47 Å². The quantitative estimate of drug-likeness (QED) is 0.279. The third kappa shape index (κ3) is 5.74. The lowest BCUT2D eigenvalue weighted by Gasteiger charge is -2.27. The van der Waals surface area contributed by atoms with Crippen LogP contribution in [0.5, 0.6) is 11.5 Å². The molecule has 2 heterocycles. The number of thioether (sulfide) groups is 1. The van der Waals surface area contributed by atoms with Gasteiger partial charge in [-0.2, -0.15) is 0 Å². The number of rotatable bonds is 7. The molecule has 0 bridgehead atoms. The van der Waals surface area contributed by atoms with E-state index >= 15 is 0 Å². The fourth-order valence-electron chi connectivity index (χ4n) is 3.32. The van der Waals surface area contributed by atoms with Crippen LogP contribution in [0.3, 0.4) is 0 Å². The smallest absolute Gasteiger partial charge is 0.343 e. The summed E-state index contributed by atoms with van der Waals surface area (Å²) >= 11 is 2.83. The highest BCUT2D eigenvalue weighted by Crippen LogP contribution is 2.37. The summed E-state index contributed by atoms with van der Waals surface area (Å²) in [6.45, 7) is 0.802. The number of piperidine rings is 1. The van der Waals surface area contributed by atoms with Crippen LogP contribution in [-0.4, -0.2) is 73.3 Å². The molecular formula is C21H23IN2O7S. The van der Waals surface area contributed by atoms with E-state index in [2.05, 4.69) is 4.74 Å². The Morgan fingerprint density at radius 3 is 2.53 bits per heavy atom. The van der Waals surface area contributed by atoms with Gasteiger partial charge in [-0.25, -0.2) is 4.79 Å². The second-order valence-electron chi connectivity index (χ2n) is 7.11. The molecule has 3 amide bonds. The zero-order valence-corrected chi connectivity index (χ0v) is 20.7. The number of nitrogens with zero attached hydrogens (tertiary/aromatic N) is 2. The Balaban J connectivity index is 1.75.